The van der Waals surface area contributed by atoms with E-state index in [2.05, 4.69) is 13.8 Å². The average molecular weight is 219 g/mol. The van der Waals surface area contributed by atoms with Crippen LogP contribution in [-0.4, -0.2) is 31.6 Å². The second-order valence-electron chi connectivity index (χ2n) is 4.65. The Morgan fingerprint density at radius 1 is 1.36 bits per heavy atom. The van der Waals surface area contributed by atoms with E-state index < -0.39 is 10.0 Å². The summed E-state index contributed by atoms with van der Waals surface area (Å²) in [7, 11) is -2.99. The van der Waals surface area contributed by atoms with Crippen LogP contribution in [0.2, 0.25) is 0 Å². The molecule has 0 aromatic heterocycles. The molecule has 1 heterocycles. The zero-order valence-corrected chi connectivity index (χ0v) is 10.2. The number of sulfonamides is 1. The molecule has 1 rings (SSSR count). The molecule has 4 heteroatoms. The fourth-order valence-corrected chi connectivity index (χ4v) is 3.38. The summed E-state index contributed by atoms with van der Waals surface area (Å²) in [6.07, 6.45) is 5.54. The largest absolute Gasteiger partial charge is 0.212 e. The standard InChI is InChI=1S/C10H21NO2S/c1-9(2)8-10-6-4-5-7-11(10)14(3,12)13/h9-10H,4-8H2,1-3H3/t10-/m1/s1. The van der Waals surface area contributed by atoms with Crippen molar-refractivity contribution in [3.8, 4) is 0 Å². The number of rotatable bonds is 3. The van der Waals surface area contributed by atoms with Gasteiger partial charge < -0.3 is 0 Å². The molecule has 0 unspecified atom stereocenters. The van der Waals surface area contributed by atoms with Crippen molar-refractivity contribution in [3.05, 3.63) is 0 Å². The summed E-state index contributed by atoms with van der Waals surface area (Å²) < 4.78 is 24.7. The van der Waals surface area contributed by atoms with Crippen LogP contribution in [0.25, 0.3) is 0 Å². The normalized spacial score (nSPS) is 25.6. The van der Waals surface area contributed by atoms with Gasteiger partial charge in [0.15, 0.2) is 0 Å². The molecule has 0 spiro atoms. The SMILES string of the molecule is CC(C)C[C@H]1CCCCN1S(C)(=O)=O. The first-order valence-corrected chi connectivity index (χ1v) is 7.23. The van der Waals surface area contributed by atoms with Gasteiger partial charge in [0, 0.05) is 12.6 Å². The molecule has 0 aliphatic carbocycles. The van der Waals surface area contributed by atoms with Gasteiger partial charge in [-0.25, -0.2) is 8.42 Å². The predicted octanol–water partition coefficient (Wildman–Crippen LogP) is 1.85. The zero-order valence-electron chi connectivity index (χ0n) is 9.36. The van der Waals surface area contributed by atoms with Crippen molar-refractivity contribution in [1.82, 2.24) is 4.31 Å². The summed E-state index contributed by atoms with van der Waals surface area (Å²) in [5.41, 5.74) is 0. The van der Waals surface area contributed by atoms with E-state index in [9.17, 15) is 8.42 Å². The number of nitrogens with zero attached hydrogens (tertiary/aromatic N) is 1. The lowest BCUT2D eigenvalue weighted by atomic mass is 9.96. The van der Waals surface area contributed by atoms with Gasteiger partial charge in [-0.05, 0) is 25.2 Å². The molecule has 0 saturated carbocycles. The summed E-state index contributed by atoms with van der Waals surface area (Å²) in [5, 5.41) is 0. The van der Waals surface area contributed by atoms with Gasteiger partial charge in [-0.15, -0.1) is 0 Å². The average Bonchev–Trinajstić information content (AvgIpc) is 2.01. The molecule has 1 atom stereocenters. The van der Waals surface area contributed by atoms with Gasteiger partial charge in [-0.3, -0.25) is 0 Å². The third-order valence-corrected chi connectivity index (χ3v) is 4.08. The number of hydrogen-bond acceptors (Lipinski definition) is 2. The predicted molar refractivity (Wildman–Crippen MR) is 58.6 cm³/mol. The van der Waals surface area contributed by atoms with Gasteiger partial charge in [0.2, 0.25) is 10.0 Å². The lowest BCUT2D eigenvalue weighted by molar-refractivity contribution is 0.224. The number of hydrogen-bond donors (Lipinski definition) is 0. The molecule has 0 bridgehead atoms. The highest BCUT2D eigenvalue weighted by atomic mass is 32.2. The molecular weight excluding hydrogens is 198 g/mol. The van der Waals surface area contributed by atoms with E-state index in [1.807, 2.05) is 0 Å². The summed E-state index contributed by atoms with van der Waals surface area (Å²) in [6.45, 7) is 5.01. The summed E-state index contributed by atoms with van der Waals surface area (Å²) in [6, 6.07) is 0.249. The molecule has 3 nitrogen and oxygen atoms in total. The van der Waals surface area contributed by atoms with Gasteiger partial charge in [-0.2, -0.15) is 4.31 Å². The van der Waals surface area contributed by atoms with E-state index in [-0.39, 0.29) is 6.04 Å². The van der Waals surface area contributed by atoms with Crippen LogP contribution >= 0.6 is 0 Å². The summed E-state index contributed by atoms with van der Waals surface area (Å²) in [5.74, 6) is 0.572. The Morgan fingerprint density at radius 3 is 2.50 bits per heavy atom. The molecule has 0 N–H and O–H groups in total. The highest BCUT2D eigenvalue weighted by Gasteiger charge is 2.29. The lowest BCUT2D eigenvalue weighted by Gasteiger charge is -2.34. The van der Waals surface area contributed by atoms with Crippen molar-refractivity contribution in [3.63, 3.8) is 0 Å². The molecule has 1 fully saturated rings. The van der Waals surface area contributed by atoms with Crippen LogP contribution in [0.5, 0.6) is 0 Å². The first-order chi connectivity index (χ1) is 6.41. The lowest BCUT2D eigenvalue weighted by Crippen LogP contribution is -2.43. The van der Waals surface area contributed by atoms with Gasteiger partial charge in [0.1, 0.15) is 0 Å². The Labute approximate surface area is 87.5 Å². The van der Waals surface area contributed by atoms with Gasteiger partial charge in [0.25, 0.3) is 0 Å². The zero-order chi connectivity index (χ0) is 10.8. The molecule has 1 aliphatic rings. The maximum Gasteiger partial charge on any atom is 0.211 e. The summed E-state index contributed by atoms with van der Waals surface area (Å²) >= 11 is 0. The third kappa shape index (κ3) is 3.24. The first-order valence-electron chi connectivity index (χ1n) is 5.38. The van der Waals surface area contributed by atoms with E-state index >= 15 is 0 Å². The molecule has 0 amide bonds. The van der Waals surface area contributed by atoms with Crippen molar-refractivity contribution in [2.75, 3.05) is 12.8 Å². The van der Waals surface area contributed by atoms with Crippen LogP contribution in [0, 0.1) is 5.92 Å². The Hall–Kier alpha value is -0.0900. The van der Waals surface area contributed by atoms with Crippen LogP contribution in [-0.2, 0) is 10.0 Å². The van der Waals surface area contributed by atoms with E-state index in [1.54, 1.807) is 4.31 Å². The van der Waals surface area contributed by atoms with Crippen molar-refractivity contribution >= 4 is 10.0 Å². The third-order valence-electron chi connectivity index (χ3n) is 2.74. The fraction of sp³-hybridized carbons (Fsp3) is 1.00. The second kappa shape index (κ2) is 4.62. The van der Waals surface area contributed by atoms with Crippen LogP contribution in [0.3, 0.4) is 0 Å². The van der Waals surface area contributed by atoms with E-state index in [1.165, 1.54) is 12.7 Å². The van der Waals surface area contributed by atoms with Crippen molar-refractivity contribution in [2.45, 2.75) is 45.6 Å². The van der Waals surface area contributed by atoms with E-state index in [0.29, 0.717) is 5.92 Å². The van der Waals surface area contributed by atoms with Crippen molar-refractivity contribution in [2.24, 2.45) is 5.92 Å². The van der Waals surface area contributed by atoms with Crippen molar-refractivity contribution in [1.29, 1.82) is 0 Å². The van der Waals surface area contributed by atoms with Gasteiger partial charge in [0.05, 0.1) is 6.26 Å². The highest BCUT2D eigenvalue weighted by molar-refractivity contribution is 7.88. The first kappa shape index (κ1) is 12.0. The molecule has 14 heavy (non-hydrogen) atoms. The highest BCUT2D eigenvalue weighted by Crippen LogP contribution is 2.24. The Kier molecular flexibility index (Phi) is 3.95. The molecule has 0 aromatic rings. The maximum absolute atomic E-state index is 11.5. The molecule has 0 aromatic carbocycles. The molecule has 0 radical (unpaired) electrons. The van der Waals surface area contributed by atoms with Crippen LogP contribution < -0.4 is 0 Å². The number of piperidine rings is 1. The minimum atomic E-state index is -2.99. The quantitative estimate of drug-likeness (QED) is 0.726. The minimum absolute atomic E-state index is 0.249. The van der Waals surface area contributed by atoms with Crippen molar-refractivity contribution < 1.29 is 8.42 Å². The smallest absolute Gasteiger partial charge is 0.211 e. The summed E-state index contributed by atoms with van der Waals surface area (Å²) in [4.78, 5) is 0. The van der Waals surface area contributed by atoms with E-state index in [4.69, 9.17) is 0 Å². The Morgan fingerprint density at radius 2 is 2.00 bits per heavy atom. The maximum atomic E-state index is 11.5. The second-order valence-corrected chi connectivity index (χ2v) is 6.59. The molecule has 1 aliphatic heterocycles. The van der Waals surface area contributed by atoms with Gasteiger partial charge >= 0.3 is 0 Å². The van der Waals surface area contributed by atoms with Crippen LogP contribution in [0.4, 0.5) is 0 Å². The molecular formula is C10H21NO2S. The van der Waals surface area contributed by atoms with Crippen LogP contribution in [0.15, 0.2) is 0 Å². The topological polar surface area (TPSA) is 37.4 Å². The molecule has 84 valence electrons. The van der Waals surface area contributed by atoms with E-state index in [0.717, 1.165) is 25.8 Å². The Balaban J connectivity index is 2.69. The van der Waals surface area contributed by atoms with Crippen LogP contribution in [0.1, 0.15) is 39.5 Å². The monoisotopic (exact) mass is 219 g/mol. The Bertz CT molecular complexity index is 272. The minimum Gasteiger partial charge on any atom is -0.212 e. The fourth-order valence-electron chi connectivity index (χ4n) is 2.19. The van der Waals surface area contributed by atoms with Gasteiger partial charge in [-0.1, -0.05) is 20.3 Å². The molecule has 1 saturated heterocycles.